The second kappa shape index (κ2) is 7.75. The van der Waals surface area contributed by atoms with Crippen LogP contribution in [0, 0.1) is 6.92 Å². The van der Waals surface area contributed by atoms with Gasteiger partial charge in [-0.05, 0) is 36.6 Å². The molecular weight excluding hydrogens is 296 g/mol. The van der Waals surface area contributed by atoms with E-state index in [2.05, 4.69) is 24.4 Å². The van der Waals surface area contributed by atoms with Crippen molar-refractivity contribution >= 4 is 23.5 Å². The Hall–Kier alpha value is -2.14. The van der Waals surface area contributed by atoms with E-state index in [1.165, 1.54) is 4.88 Å². The number of nitrogens with one attached hydrogen (secondary N) is 1. The fraction of sp³-hybridized carbons (Fsp3) is 0.294. The zero-order valence-electron chi connectivity index (χ0n) is 13.0. The summed E-state index contributed by atoms with van der Waals surface area (Å²) >= 11 is 1.62. The molecule has 22 heavy (non-hydrogen) atoms. The Morgan fingerprint density at radius 2 is 2.09 bits per heavy atom. The van der Waals surface area contributed by atoms with Gasteiger partial charge in [-0.25, -0.2) is 5.43 Å². The summed E-state index contributed by atoms with van der Waals surface area (Å²) in [5.74, 6) is 0.813. The van der Waals surface area contributed by atoms with Crippen LogP contribution in [0.5, 0.6) is 5.75 Å². The topological polar surface area (TPSA) is 50.7 Å². The summed E-state index contributed by atoms with van der Waals surface area (Å²) in [6.07, 6.45) is 1.64. The van der Waals surface area contributed by atoms with Crippen molar-refractivity contribution in [2.45, 2.75) is 26.7 Å². The molecule has 0 spiro atoms. The molecule has 0 aliphatic carbocycles. The van der Waals surface area contributed by atoms with Crippen LogP contribution < -0.4 is 10.2 Å². The third-order valence-electron chi connectivity index (χ3n) is 3.04. The lowest BCUT2D eigenvalue weighted by molar-refractivity contribution is -0.123. The number of carbonyl (C=O) groups excluding carboxylic acids is 1. The molecular formula is C17H20N2O2S. The Kier molecular flexibility index (Phi) is 5.72. The number of thiophene rings is 1. The summed E-state index contributed by atoms with van der Waals surface area (Å²) in [7, 11) is 0. The van der Waals surface area contributed by atoms with Crippen molar-refractivity contribution in [3.8, 4) is 5.75 Å². The maximum atomic E-state index is 11.7. The first-order valence-corrected chi connectivity index (χ1v) is 7.98. The quantitative estimate of drug-likeness (QED) is 0.652. The molecule has 2 rings (SSSR count). The first-order valence-electron chi connectivity index (χ1n) is 7.16. The minimum absolute atomic E-state index is 0.0511. The van der Waals surface area contributed by atoms with Gasteiger partial charge in [-0.3, -0.25) is 4.79 Å². The van der Waals surface area contributed by atoms with Crippen molar-refractivity contribution in [1.29, 1.82) is 0 Å². The van der Waals surface area contributed by atoms with Gasteiger partial charge in [0.25, 0.3) is 5.91 Å². The largest absolute Gasteiger partial charge is 0.483 e. The zero-order chi connectivity index (χ0) is 15.9. The SMILES string of the molecule is Cc1ccc(/C=N/NC(=O)COc2ccccc2C(C)C)s1. The number of hydrazone groups is 1. The van der Waals surface area contributed by atoms with Crippen LogP contribution in [0.15, 0.2) is 41.5 Å². The summed E-state index contributed by atoms with van der Waals surface area (Å²) in [6, 6.07) is 11.7. The highest BCUT2D eigenvalue weighted by Crippen LogP contribution is 2.25. The number of amides is 1. The van der Waals surface area contributed by atoms with Crippen molar-refractivity contribution < 1.29 is 9.53 Å². The van der Waals surface area contributed by atoms with Crippen molar-refractivity contribution in [1.82, 2.24) is 5.43 Å². The van der Waals surface area contributed by atoms with Gasteiger partial charge in [0.15, 0.2) is 6.61 Å². The highest BCUT2D eigenvalue weighted by molar-refractivity contribution is 7.13. The molecule has 1 N–H and O–H groups in total. The van der Waals surface area contributed by atoms with Crippen LogP contribution in [0.2, 0.25) is 0 Å². The molecule has 0 saturated carbocycles. The number of ether oxygens (including phenoxy) is 1. The van der Waals surface area contributed by atoms with Gasteiger partial charge in [-0.2, -0.15) is 5.10 Å². The van der Waals surface area contributed by atoms with Crippen molar-refractivity contribution in [2.75, 3.05) is 6.61 Å². The van der Waals surface area contributed by atoms with Gasteiger partial charge in [0.1, 0.15) is 5.75 Å². The number of hydrogen-bond donors (Lipinski definition) is 1. The highest BCUT2D eigenvalue weighted by Gasteiger charge is 2.08. The standard InChI is InChI=1S/C17H20N2O2S/c1-12(2)15-6-4-5-7-16(15)21-11-17(20)19-18-10-14-9-8-13(3)22-14/h4-10,12H,11H2,1-3H3,(H,19,20)/b18-10+. The summed E-state index contributed by atoms with van der Waals surface area (Å²) in [5, 5.41) is 3.93. The Bertz CT molecular complexity index is 662. The van der Waals surface area contributed by atoms with Gasteiger partial charge in [0.05, 0.1) is 6.21 Å². The van der Waals surface area contributed by atoms with Crippen molar-refractivity contribution in [3.05, 3.63) is 51.7 Å². The Morgan fingerprint density at radius 3 is 2.77 bits per heavy atom. The third kappa shape index (κ3) is 4.70. The number of nitrogens with zero attached hydrogens (tertiary/aromatic N) is 1. The molecule has 0 fully saturated rings. The van der Waals surface area contributed by atoms with Gasteiger partial charge in [0.2, 0.25) is 0 Å². The molecule has 0 atom stereocenters. The van der Waals surface area contributed by atoms with Crippen LogP contribution in [-0.2, 0) is 4.79 Å². The minimum atomic E-state index is -0.275. The van der Waals surface area contributed by atoms with Crippen LogP contribution in [0.1, 0.15) is 35.1 Å². The first kappa shape index (κ1) is 16.2. The molecule has 5 heteroatoms. The van der Waals surface area contributed by atoms with Crippen molar-refractivity contribution in [2.24, 2.45) is 5.10 Å². The molecule has 1 aromatic heterocycles. The molecule has 0 saturated heterocycles. The fourth-order valence-corrected chi connectivity index (χ4v) is 2.70. The molecule has 1 amide bonds. The molecule has 1 aromatic carbocycles. The van der Waals surface area contributed by atoms with E-state index in [4.69, 9.17) is 4.74 Å². The minimum Gasteiger partial charge on any atom is -0.483 e. The van der Waals surface area contributed by atoms with Gasteiger partial charge < -0.3 is 4.74 Å². The zero-order valence-corrected chi connectivity index (χ0v) is 13.8. The second-order valence-electron chi connectivity index (χ2n) is 5.22. The normalized spacial score (nSPS) is 11.1. The maximum Gasteiger partial charge on any atom is 0.277 e. The van der Waals surface area contributed by atoms with Crippen LogP contribution in [0.25, 0.3) is 0 Å². The van der Waals surface area contributed by atoms with E-state index in [0.717, 1.165) is 16.2 Å². The molecule has 116 valence electrons. The van der Waals surface area contributed by atoms with Gasteiger partial charge in [-0.1, -0.05) is 32.0 Å². The van der Waals surface area contributed by atoms with Crippen LogP contribution in [-0.4, -0.2) is 18.7 Å². The number of hydrogen-bond acceptors (Lipinski definition) is 4. The molecule has 0 aliphatic heterocycles. The van der Waals surface area contributed by atoms with E-state index in [1.54, 1.807) is 17.6 Å². The summed E-state index contributed by atoms with van der Waals surface area (Å²) < 4.78 is 5.58. The molecule has 0 radical (unpaired) electrons. The van der Waals surface area contributed by atoms with E-state index in [1.807, 2.05) is 43.3 Å². The molecule has 0 unspecified atom stereocenters. The fourth-order valence-electron chi connectivity index (χ4n) is 1.96. The summed E-state index contributed by atoms with van der Waals surface area (Å²) in [4.78, 5) is 14.0. The molecule has 0 aliphatic rings. The number of aryl methyl sites for hydroxylation is 1. The molecule has 1 heterocycles. The van der Waals surface area contributed by atoms with Crippen LogP contribution in [0.4, 0.5) is 0 Å². The lowest BCUT2D eigenvalue weighted by Crippen LogP contribution is -2.24. The maximum absolute atomic E-state index is 11.7. The number of benzene rings is 1. The second-order valence-corrected chi connectivity index (χ2v) is 6.54. The smallest absolute Gasteiger partial charge is 0.277 e. The predicted molar refractivity (Wildman–Crippen MR) is 90.8 cm³/mol. The summed E-state index contributed by atoms with van der Waals surface area (Å²) in [5.41, 5.74) is 3.56. The number of carbonyl (C=O) groups is 1. The molecule has 2 aromatic rings. The Labute approximate surface area is 134 Å². The Balaban J connectivity index is 1.84. The van der Waals surface area contributed by atoms with Gasteiger partial charge in [-0.15, -0.1) is 11.3 Å². The lowest BCUT2D eigenvalue weighted by Gasteiger charge is -2.12. The first-order chi connectivity index (χ1) is 10.6. The Morgan fingerprint density at radius 1 is 1.32 bits per heavy atom. The van der Waals surface area contributed by atoms with E-state index in [0.29, 0.717) is 5.92 Å². The average Bonchev–Trinajstić information content (AvgIpc) is 2.91. The van der Waals surface area contributed by atoms with E-state index < -0.39 is 0 Å². The van der Waals surface area contributed by atoms with Crippen molar-refractivity contribution in [3.63, 3.8) is 0 Å². The summed E-state index contributed by atoms with van der Waals surface area (Å²) in [6.45, 7) is 6.16. The number of para-hydroxylation sites is 1. The monoisotopic (exact) mass is 316 g/mol. The van der Waals surface area contributed by atoms with Gasteiger partial charge >= 0.3 is 0 Å². The van der Waals surface area contributed by atoms with Crippen LogP contribution in [0.3, 0.4) is 0 Å². The average molecular weight is 316 g/mol. The number of rotatable bonds is 6. The van der Waals surface area contributed by atoms with E-state index >= 15 is 0 Å². The highest BCUT2D eigenvalue weighted by atomic mass is 32.1. The molecule has 4 nitrogen and oxygen atoms in total. The van der Waals surface area contributed by atoms with E-state index in [9.17, 15) is 4.79 Å². The lowest BCUT2D eigenvalue weighted by atomic mass is 10.0. The predicted octanol–water partition coefficient (Wildman–Crippen LogP) is 3.71. The molecule has 0 bridgehead atoms. The van der Waals surface area contributed by atoms with E-state index in [-0.39, 0.29) is 12.5 Å². The van der Waals surface area contributed by atoms with Gasteiger partial charge in [0, 0.05) is 9.75 Å². The van der Waals surface area contributed by atoms with Crippen LogP contribution >= 0.6 is 11.3 Å². The third-order valence-corrected chi connectivity index (χ3v) is 3.98.